The van der Waals surface area contributed by atoms with E-state index in [2.05, 4.69) is 18.4 Å². The Balaban J connectivity index is 1.66. The molecule has 1 atom stereocenters. The molecule has 5 rings (SSSR count). The molecule has 0 spiro atoms. The van der Waals surface area contributed by atoms with E-state index >= 15 is 0 Å². The fraction of sp³-hybridized carbons (Fsp3) is 0.417. The van der Waals surface area contributed by atoms with Crippen molar-refractivity contribution >= 4 is 17.4 Å². The first kappa shape index (κ1) is 33.1. The second-order valence-corrected chi connectivity index (χ2v) is 13.1. The molecule has 0 radical (unpaired) electrons. The van der Waals surface area contributed by atoms with Crippen molar-refractivity contribution < 1.29 is 28.5 Å². The van der Waals surface area contributed by atoms with Crippen LogP contribution in [-0.4, -0.2) is 63.7 Å². The zero-order chi connectivity index (χ0) is 33.4. The van der Waals surface area contributed by atoms with E-state index in [1.54, 1.807) is 23.6 Å². The number of ether oxygens (including phenoxy) is 3. The van der Waals surface area contributed by atoms with Crippen LogP contribution in [0.4, 0.5) is 10.2 Å². The number of anilines is 1. The Labute approximate surface area is 269 Å². The summed E-state index contributed by atoms with van der Waals surface area (Å²) in [7, 11) is 1.35. The van der Waals surface area contributed by atoms with Crippen LogP contribution in [0.1, 0.15) is 63.5 Å². The number of halogens is 1. The quantitative estimate of drug-likeness (QED) is 0.154. The van der Waals surface area contributed by atoms with Crippen LogP contribution in [0, 0.1) is 19.7 Å². The van der Waals surface area contributed by atoms with Gasteiger partial charge in [-0.3, -0.25) is 0 Å². The van der Waals surface area contributed by atoms with Gasteiger partial charge in [0, 0.05) is 42.0 Å². The molecule has 0 aliphatic carbocycles. The fourth-order valence-corrected chi connectivity index (χ4v) is 5.90. The highest BCUT2D eigenvalue weighted by Crippen LogP contribution is 2.39. The maximum absolute atomic E-state index is 14.1. The normalized spacial score (nSPS) is 15.6. The minimum Gasteiger partial charge on any atom is -0.507 e. The summed E-state index contributed by atoms with van der Waals surface area (Å²) in [6, 6.07) is 12.2. The summed E-state index contributed by atoms with van der Waals surface area (Å²) in [6.45, 7) is 16.9. The standard InChI is InChI=1S/C36H43FN4O5/c1-9-17-45-36(7)13-15-40(16-14-36)33-31(32(34(43)44-8)46-35(4,5)6)23(3)38-30-21-28(39-41(30)33)25-12-10-11-24(19-25)26-18-22(2)27(37)20-29(26)42/h9-12,18-21,32,42H,1,13-17H2,2-8H3. The van der Waals surface area contributed by atoms with E-state index in [0.717, 1.165) is 30.0 Å². The number of phenols is 1. The Bertz CT molecular complexity index is 1770. The molecule has 3 heterocycles. The lowest BCUT2D eigenvalue weighted by molar-refractivity contribution is -0.164. The molecule has 1 aliphatic rings. The summed E-state index contributed by atoms with van der Waals surface area (Å²) in [5.41, 5.74) is 3.98. The SMILES string of the molecule is C=CCOC1(C)CCN(c2c(C(OC(C)(C)C)C(=O)OC)c(C)nc3cc(-c4cccc(-c5cc(C)c(F)cc5O)c4)nn23)CC1. The number of aromatic hydroxyl groups is 1. The van der Waals surface area contributed by atoms with Gasteiger partial charge in [-0.1, -0.05) is 24.3 Å². The smallest absolute Gasteiger partial charge is 0.339 e. The largest absolute Gasteiger partial charge is 0.507 e. The molecule has 0 saturated carbocycles. The molecule has 9 nitrogen and oxygen atoms in total. The van der Waals surface area contributed by atoms with Crippen LogP contribution in [0.25, 0.3) is 28.0 Å². The third-order valence-corrected chi connectivity index (χ3v) is 8.37. The summed E-state index contributed by atoms with van der Waals surface area (Å²) < 4.78 is 33.6. The molecular formula is C36H43FN4O5. The average molecular weight is 631 g/mol. The van der Waals surface area contributed by atoms with Crippen LogP contribution in [0.5, 0.6) is 5.75 Å². The van der Waals surface area contributed by atoms with Crippen molar-refractivity contribution in [3.8, 4) is 28.1 Å². The Morgan fingerprint density at radius 3 is 2.50 bits per heavy atom. The van der Waals surface area contributed by atoms with Crippen LogP contribution in [0.15, 0.2) is 55.1 Å². The Morgan fingerprint density at radius 2 is 1.85 bits per heavy atom. The van der Waals surface area contributed by atoms with Gasteiger partial charge < -0.3 is 24.2 Å². The Hall–Kier alpha value is -4.28. The number of hydrogen-bond acceptors (Lipinski definition) is 8. The number of aryl methyl sites for hydroxylation is 2. The molecule has 0 bridgehead atoms. The lowest BCUT2D eigenvalue weighted by Crippen LogP contribution is -2.45. The predicted octanol–water partition coefficient (Wildman–Crippen LogP) is 7.12. The summed E-state index contributed by atoms with van der Waals surface area (Å²) in [6.07, 6.45) is 2.23. The number of nitrogens with zero attached hydrogens (tertiary/aromatic N) is 4. The molecule has 1 saturated heterocycles. The van der Waals surface area contributed by atoms with Crippen molar-refractivity contribution in [3.05, 3.63) is 77.8 Å². The monoisotopic (exact) mass is 630 g/mol. The van der Waals surface area contributed by atoms with Gasteiger partial charge in [-0.25, -0.2) is 14.2 Å². The molecule has 2 aromatic carbocycles. The molecule has 46 heavy (non-hydrogen) atoms. The summed E-state index contributed by atoms with van der Waals surface area (Å²) >= 11 is 0. The molecule has 1 aliphatic heterocycles. The van der Waals surface area contributed by atoms with Crippen LogP contribution in [0.3, 0.4) is 0 Å². The Morgan fingerprint density at radius 1 is 1.15 bits per heavy atom. The van der Waals surface area contributed by atoms with Gasteiger partial charge in [0.1, 0.15) is 17.4 Å². The number of fused-ring (bicyclic) bond motifs is 1. The third-order valence-electron chi connectivity index (χ3n) is 8.37. The van der Waals surface area contributed by atoms with Gasteiger partial charge in [-0.05, 0) is 77.6 Å². The van der Waals surface area contributed by atoms with Gasteiger partial charge in [0.15, 0.2) is 11.8 Å². The molecule has 244 valence electrons. The van der Waals surface area contributed by atoms with Crippen LogP contribution in [0.2, 0.25) is 0 Å². The number of piperidine rings is 1. The van der Waals surface area contributed by atoms with E-state index in [4.69, 9.17) is 24.3 Å². The molecule has 10 heteroatoms. The first-order valence-corrected chi connectivity index (χ1v) is 15.5. The van der Waals surface area contributed by atoms with Crippen molar-refractivity contribution in [1.29, 1.82) is 0 Å². The second-order valence-electron chi connectivity index (χ2n) is 13.1. The molecule has 1 fully saturated rings. The van der Waals surface area contributed by atoms with Gasteiger partial charge in [0.25, 0.3) is 0 Å². The minimum atomic E-state index is -1.04. The van der Waals surface area contributed by atoms with E-state index < -0.39 is 23.5 Å². The fourth-order valence-electron chi connectivity index (χ4n) is 5.90. The number of methoxy groups -OCH3 is 1. The van der Waals surface area contributed by atoms with E-state index in [9.17, 15) is 14.3 Å². The first-order chi connectivity index (χ1) is 21.7. The number of phenolic OH excluding ortho intramolecular Hbond substituents is 1. The number of esters is 1. The maximum Gasteiger partial charge on any atom is 0.339 e. The van der Waals surface area contributed by atoms with Crippen LogP contribution >= 0.6 is 0 Å². The van der Waals surface area contributed by atoms with Crippen molar-refractivity contribution in [3.63, 3.8) is 0 Å². The number of aromatic nitrogens is 3. The van der Waals surface area contributed by atoms with Gasteiger partial charge in [0.05, 0.1) is 36.2 Å². The molecule has 1 unspecified atom stereocenters. The number of carbonyl (C=O) groups excluding carboxylic acids is 1. The van der Waals surface area contributed by atoms with Crippen LogP contribution < -0.4 is 4.90 Å². The van der Waals surface area contributed by atoms with Gasteiger partial charge >= 0.3 is 5.97 Å². The number of carbonyl (C=O) groups is 1. The number of rotatable bonds is 9. The Kier molecular flexibility index (Phi) is 9.24. The molecular weight excluding hydrogens is 587 g/mol. The summed E-state index contributed by atoms with van der Waals surface area (Å²) in [5, 5.41) is 15.6. The van der Waals surface area contributed by atoms with Crippen molar-refractivity contribution in [2.45, 2.75) is 71.7 Å². The van der Waals surface area contributed by atoms with E-state index in [1.807, 2.05) is 58.0 Å². The third kappa shape index (κ3) is 6.78. The van der Waals surface area contributed by atoms with Crippen molar-refractivity contribution in [1.82, 2.24) is 14.6 Å². The van der Waals surface area contributed by atoms with E-state index in [0.29, 0.717) is 59.2 Å². The average Bonchev–Trinajstić information content (AvgIpc) is 3.43. The molecule has 2 aromatic heterocycles. The predicted molar refractivity (Wildman–Crippen MR) is 177 cm³/mol. The number of benzene rings is 2. The second kappa shape index (κ2) is 12.8. The molecule has 4 aromatic rings. The van der Waals surface area contributed by atoms with E-state index in [-0.39, 0.29) is 11.4 Å². The number of hydrogen-bond donors (Lipinski definition) is 1. The topological polar surface area (TPSA) is 98.4 Å². The molecule has 0 amide bonds. The highest BCUT2D eigenvalue weighted by Gasteiger charge is 2.38. The van der Waals surface area contributed by atoms with Gasteiger partial charge in [0.2, 0.25) is 0 Å². The maximum atomic E-state index is 14.1. The zero-order valence-corrected chi connectivity index (χ0v) is 27.7. The summed E-state index contributed by atoms with van der Waals surface area (Å²) in [4.78, 5) is 20.4. The van der Waals surface area contributed by atoms with Crippen molar-refractivity contribution in [2.75, 3.05) is 31.7 Å². The van der Waals surface area contributed by atoms with E-state index in [1.165, 1.54) is 7.11 Å². The first-order valence-electron chi connectivity index (χ1n) is 15.5. The minimum absolute atomic E-state index is 0.138. The zero-order valence-electron chi connectivity index (χ0n) is 27.7. The lowest BCUT2D eigenvalue weighted by Gasteiger charge is -2.41. The van der Waals surface area contributed by atoms with Crippen LogP contribution in [-0.2, 0) is 19.0 Å². The summed E-state index contributed by atoms with van der Waals surface area (Å²) in [5.74, 6) is -0.414. The van der Waals surface area contributed by atoms with Crippen molar-refractivity contribution in [2.24, 2.45) is 0 Å². The van der Waals surface area contributed by atoms with Gasteiger partial charge in [-0.15, -0.1) is 6.58 Å². The highest BCUT2D eigenvalue weighted by molar-refractivity contribution is 5.81. The van der Waals surface area contributed by atoms with Gasteiger partial charge in [-0.2, -0.15) is 9.61 Å². The highest BCUT2D eigenvalue weighted by atomic mass is 19.1. The lowest BCUT2D eigenvalue weighted by atomic mass is 9.92. The molecule has 1 N–H and O–H groups in total.